The number of ether oxygens (including phenoxy) is 1. The van der Waals surface area contributed by atoms with Gasteiger partial charge < -0.3 is 19.8 Å². The number of rotatable bonds is 8. The lowest BCUT2D eigenvalue weighted by molar-refractivity contribution is -0.137. The van der Waals surface area contributed by atoms with E-state index in [2.05, 4.69) is 0 Å². The van der Waals surface area contributed by atoms with E-state index in [1.165, 1.54) is 18.2 Å². The van der Waals surface area contributed by atoms with Crippen LogP contribution in [0.5, 0.6) is 0 Å². The average Bonchev–Trinajstić information content (AvgIpc) is 3.69. The van der Waals surface area contributed by atoms with E-state index < -0.39 is 46.7 Å². The number of fused-ring (bicyclic) bond motifs is 2. The Labute approximate surface area is 221 Å². The predicted octanol–water partition coefficient (Wildman–Crippen LogP) is 6.49. The van der Waals surface area contributed by atoms with Crippen LogP contribution in [0.2, 0.25) is 0 Å². The van der Waals surface area contributed by atoms with E-state index >= 15 is 0 Å². The Balaban J connectivity index is 1.34. The third-order valence-corrected chi connectivity index (χ3v) is 7.75. The minimum atomic E-state index is -4.68. The normalized spacial score (nSPS) is 23.5. The van der Waals surface area contributed by atoms with E-state index in [0.29, 0.717) is 38.5 Å². The molecule has 2 saturated heterocycles. The summed E-state index contributed by atoms with van der Waals surface area (Å²) in [6.07, 6.45) is -1.73. The van der Waals surface area contributed by atoms with Crippen molar-refractivity contribution in [3.05, 3.63) is 76.1 Å². The highest BCUT2D eigenvalue weighted by molar-refractivity contribution is 6.12. The summed E-state index contributed by atoms with van der Waals surface area (Å²) in [5.41, 5.74) is -2.52. The van der Waals surface area contributed by atoms with Crippen LogP contribution < -0.4 is 4.90 Å². The fourth-order valence-corrected chi connectivity index (χ4v) is 5.75. The van der Waals surface area contributed by atoms with E-state index in [1.54, 1.807) is 4.90 Å². The molecule has 3 atom stereocenters. The molecule has 1 aliphatic carbocycles. The van der Waals surface area contributed by atoms with Crippen molar-refractivity contribution >= 4 is 17.4 Å². The number of aliphatic hydroxyl groups excluding tert-OH is 1. The van der Waals surface area contributed by atoms with Crippen molar-refractivity contribution in [2.45, 2.75) is 62.9 Å². The van der Waals surface area contributed by atoms with Gasteiger partial charge in [-0.1, -0.05) is 18.2 Å². The molecule has 2 unspecified atom stereocenters. The van der Waals surface area contributed by atoms with E-state index in [9.17, 15) is 31.9 Å². The quantitative estimate of drug-likeness (QED) is 0.199. The van der Waals surface area contributed by atoms with Crippen LogP contribution in [-0.2, 0) is 10.9 Å². The van der Waals surface area contributed by atoms with Gasteiger partial charge in [0.25, 0.3) is 0 Å². The Hall–Kier alpha value is -3.47. The zero-order valence-electron chi connectivity index (χ0n) is 20.8. The highest BCUT2D eigenvalue weighted by atomic mass is 19.4. The Morgan fingerprint density at radius 3 is 2.13 bits per heavy atom. The Morgan fingerprint density at radius 2 is 1.59 bits per heavy atom. The predicted molar refractivity (Wildman–Crippen MR) is 132 cm³/mol. The summed E-state index contributed by atoms with van der Waals surface area (Å²) in [4.78, 5) is 12.8. The molecule has 2 aromatic rings. The van der Waals surface area contributed by atoms with Crippen molar-refractivity contribution in [1.29, 1.82) is 5.41 Å². The smallest absolute Gasteiger partial charge is 0.417 e. The summed E-state index contributed by atoms with van der Waals surface area (Å²) in [6, 6.07) is 5.75. The van der Waals surface area contributed by atoms with Gasteiger partial charge in [0.05, 0.1) is 29.5 Å². The second-order valence-electron chi connectivity index (χ2n) is 10.3. The number of nitrogens with one attached hydrogen (secondary N) is 1. The number of allylic oxidation sites excluding steroid dienone is 1. The third-order valence-electron chi connectivity index (χ3n) is 7.75. The van der Waals surface area contributed by atoms with Crippen molar-refractivity contribution in [2.75, 3.05) is 11.5 Å². The van der Waals surface area contributed by atoms with Crippen molar-refractivity contribution in [3.63, 3.8) is 0 Å². The molecule has 5 rings (SSSR count). The highest BCUT2D eigenvalue weighted by Gasteiger charge is 2.44. The molecule has 0 amide bonds. The number of hydrogen-bond donors (Lipinski definition) is 3. The zero-order valence-corrected chi connectivity index (χ0v) is 20.8. The molecule has 6 nitrogen and oxygen atoms in total. The van der Waals surface area contributed by atoms with Gasteiger partial charge in [-0.2, -0.15) is 13.2 Å². The number of nitrogens with zero attached hydrogens (tertiary/aromatic N) is 1. The maximum Gasteiger partial charge on any atom is 0.417 e. The number of hydrogen-bond acceptors (Lipinski definition) is 5. The van der Waals surface area contributed by atoms with Crippen molar-refractivity contribution in [2.24, 2.45) is 5.92 Å². The Bertz CT molecular complexity index is 1300. The van der Waals surface area contributed by atoms with Crippen LogP contribution in [0, 0.1) is 23.0 Å². The summed E-state index contributed by atoms with van der Waals surface area (Å²) < 4.78 is 76.5. The van der Waals surface area contributed by atoms with Crippen LogP contribution in [-0.4, -0.2) is 46.7 Å². The van der Waals surface area contributed by atoms with E-state index in [1.807, 2.05) is 0 Å². The number of benzene rings is 2. The van der Waals surface area contributed by atoms with Gasteiger partial charge in [0.2, 0.25) is 0 Å². The van der Waals surface area contributed by atoms with Gasteiger partial charge in [-0.3, -0.25) is 5.41 Å². The van der Waals surface area contributed by atoms with Crippen LogP contribution in [0.4, 0.5) is 27.6 Å². The summed E-state index contributed by atoms with van der Waals surface area (Å²) in [7, 11) is 0. The molecular formula is C28H27F5N2O4. The standard InChI is InChI=1S/C28H27F5N2O4/c29-22-9-15(27(37)38)10-23(30)25(22)35-16-7-8-17(35)12-18(11-16)39-13-20(26(36)14-5-6-14)24(34)19-3-1-2-4-21(19)28(31,32)33/h1-4,9-10,14,16-18,34,36H,5-8,11-13H2,(H,37,38)/b26-20-,34-24?/t16-,17?,18?/m0/s1. The van der Waals surface area contributed by atoms with Crippen molar-refractivity contribution in [1.82, 2.24) is 0 Å². The highest BCUT2D eigenvalue weighted by Crippen LogP contribution is 2.43. The number of carboxylic acid groups (broad SMARTS) is 1. The minimum absolute atomic E-state index is 0.00493. The number of anilines is 1. The summed E-state index contributed by atoms with van der Waals surface area (Å²) in [5.74, 6) is -3.71. The largest absolute Gasteiger partial charge is 0.512 e. The Kier molecular flexibility index (Phi) is 7.13. The molecule has 0 aromatic heterocycles. The van der Waals surface area contributed by atoms with Crippen molar-refractivity contribution < 1.29 is 41.7 Å². The second kappa shape index (κ2) is 10.3. The van der Waals surface area contributed by atoms with E-state index in [0.717, 1.165) is 18.2 Å². The lowest BCUT2D eigenvalue weighted by atomic mass is 9.95. The lowest BCUT2D eigenvalue weighted by Crippen LogP contribution is -2.46. The van der Waals surface area contributed by atoms with Gasteiger partial charge in [0.15, 0.2) is 0 Å². The van der Waals surface area contributed by atoms with Gasteiger partial charge in [-0.05, 0) is 56.7 Å². The van der Waals surface area contributed by atoms with Gasteiger partial charge in [-0.15, -0.1) is 0 Å². The molecule has 39 heavy (non-hydrogen) atoms. The molecule has 208 valence electrons. The van der Waals surface area contributed by atoms with Gasteiger partial charge >= 0.3 is 12.1 Å². The first-order valence-corrected chi connectivity index (χ1v) is 12.8. The minimum Gasteiger partial charge on any atom is -0.512 e. The first-order valence-electron chi connectivity index (χ1n) is 12.8. The van der Waals surface area contributed by atoms with Crippen molar-refractivity contribution in [3.8, 4) is 0 Å². The number of piperidine rings is 1. The summed E-state index contributed by atoms with van der Waals surface area (Å²) in [6.45, 7) is -0.270. The van der Waals surface area contributed by atoms with Crippen LogP contribution in [0.1, 0.15) is 60.0 Å². The number of aliphatic hydroxyl groups is 1. The van der Waals surface area contributed by atoms with Crippen LogP contribution in [0.15, 0.2) is 47.7 Å². The second-order valence-corrected chi connectivity index (χ2v) is 10.3. The molecule has 0 spiro atoms. The van der Waals surface area contributed by atoms with Gasteiger partial charge in [0.1, 0.15) is 23.1 Å². The maximum atomic E-state index is 14.8. The van der Waals surface area contributed by atoms with Crippen LogP contribution >= 0.6 is 0 Å². The molecule has 2 aromatic carbocycles. The molecule has 1 saturated carbocycles. The number of carboxylic acids is 1. The molecule has 11 heteroatoms. The first-order chi connectivity index (χ1) is 18.5. The molecular weight excluding hydrogens is 523 g/mol. The molecule has 3 fully saturated rings. The SMILES string of the molecule is N=C(/C(COC1CC2CC[C@@H](C1)N2c1c(F)cc(C(=O)O)cc1F)=C(\O)C1CC1)c1ccccc1C(F)(F)F. The number of halogens is 5. The molecule has 2 aliphatic heterocycles. The number of alkyl halides is 3. The fraction of sp³-hybridized carbons (Fsp3) is 0.429. The fourth-order valence-electron chi connectivity index (χ4n) is 5.75. The molecule has 0 radical (unpaired) electrons. The number of aromatic carboxylic acids is 1. The van der Waals surface area contributed by atoms with Crippen LogP contribution in [0.3, 0.4) is 0 Å². The van der Waals surface area contributed by atoms with Gasteiger partial charge in [-0.25, -0.2) is 13.6 Å². The van der Waals surface area contributed by atoms with Gasteiger partial charge in [0, 0.05) is 29.1 Å². The Morgan fingerprint density at radius 1 is 1.00 bits per heavy atom. The molecule has 3 aliphatic rings. The lowest BCUT2D eigenvalue weighted by Gasteiger charge is -2.40. The summed E-state index contributed by atoms with van der Waals surface area (Å²) in [5, 5.41) is 28.4. The molecule has 2 heterocycles. The van der Waals surface area contributed by atoms with Crippen LogP contribution in [0.25, 0.3) is 0 Å². The third kappa shape index (κ3) is 5.36. The zero-order chi connectivity index (χ0) is 28.1. The molecule has 3 N–H and O–H groups in total. The summed E-state index contributed by atoms with van der Waals surface area (Å²) >= 11 is 0. The monoisotopic (exact) mass is 550 g/mol. The average molecular weight is 551 g/mol. The topological polar surface area (TPSA) is 93.9 Å². The van der Waals surface area contributed by atoms with E-state index in [4.69, 9.17) is 15.3 Å². The van der Waals surface area contributed by atoms with E-state index in [-0.39, 0.29) is 47.2 Å². The maximum absolute atomic E-state index is 14.8. The number of carbonyl (C=O) groups is 1. The molecule has 2 bridgehead atoms. The first kappa shape index (κ1) is 27.1.